The lowest BCUT2D eigenvalue weighted by atomic mass is 10.2. The van der Waals surface area contributed by atoms with Gasteiger partial charge in [0.05, 0.1) is 10.6 Å². The van der Waals surface area contributed by atoms with Gasteiger partial charge < -0.3 is 0 Å². The van der Waals surface area contributed by atoms with Crippen molar-refractivity contribution in [2.75, 3.05) is 26.2 Å². The van der Waals surface area contributed by atoms with Gasteiger partial charge in [-0.2, -0.15) is 4.31 Å². The van der Waals surface area contributed by atoms with Crippen LogP contribution < -0.4 is 0 Å². The summed E-state index contributed by atoms with van der Waals surface area (Å²) in [5, 5.41) is 3.13. The summed E-state index contributed by atoms with van der Waals surface area (Å²) in [6.07, 6.45) is 0.820. The summed E-state index contributed by atoms with van der Waals surface area (Å²) in [7, 11) is -3.44. The highest BCUT2D eigenvalue weighted by molar-refractivity contribution is 7.89. The zero-order valence-corrected chi connectivity index (χ0v) is 18.1. The third kappa shape index (κ3) is 4.75. The van der Waals surface area contributed by atoms with Crippen LogP contribution in [0.1, 0.15) is 17.7 Å². The van der Waals surface area contributed by atoms with Gasteiger partial charge >= 0.3 is 0 Å². The SMILES string of the molecule is Cc1ccc(S(=O)(=O)N2CCCN(Cc3csc(-c4ccccc4)n3)CC2)cc1. The zero-order valence-electron chi connectivity index (χ0n) is 16.5. The lowest BCUT2D eigenvalue weighted by Crippen LogP contribution is -2.35. The van der Waals surface area contributed by atoms with Crippen LogP contribution >= 0.6 is 11.3 Å². The van der Waals surface area contributed by atoms with E-state index in [9.17, 15) is 8.42 Å². The van der Waals surface area contributed by atoms with Crippen molar-refractivity contribution in [2.45, 2.75) is 24.8 Å². The van der Waals surface area contributed by atoms with E-state index < -0.39 is 10.0 Å². The van der Waals surface area contributed by atoms with Gasteiger partial charge in [0.1, 0.15) is 5.01 Å². The Balaban J connectivity index is 1.40. The average molecular weight is 428 g/mol. The predicted molar refractivity (Wildman–Crippen MR) is 117 cm³/mol. The minimum Gasteiger partial charge on any atom is -0.296 e. The molecule has 1 aliphatic rings. The van der Waals surface area contributed by atoms with Gasteiger partial charge in [-0.05, 0) is 32.0 Å². The molecule has 7 heteroatoms. The Morgan fingerprint density at radius 1 is 0.966 bits per heavy atom. The second-order valence-corrected chi connectivity index (χ2v) is 10.2. The number of rotatable bonds is 5. The molecule has 0 amide bonds. The van der Waals surface area contributed by atoms with Crippen molar-refractivity contribution in [1.29, 1.82) is 0 Å². The fourth-order valence-corrected chi connectivity index (χ4v) is 5.81. The van der Waals surface area contributed by atoms with Gasteiger partial charge in [0.25, 0.3) is 0 Å². The fourth-order valence-electron chi connectivity index (χ4n) is 3.53. The van der Waals surface area contributed by atoms with Crippen molar-refractivity contribution >= 4 is 21.4 Å². The molecular weight excluding hydrogens is 402 g/mol. The monoisotopic (exact) mass is 427 g/mol. The minimum absolute atomic E-state index is 0.378. The van der Waals surface area contributed by atoms with E-state index in [4.69, 9.17) is 4.98 Å². The van der Waals surface area contributed by atoms with E-state index in [0.717, 1.165) is 41.3 Å². The van der Waals surface area contributed by atoms with Crippen LogP contribution in [0.15, 0.2) is 64.9 Å². The van der Waals surface area contributed by atoms with Crippen LogP contribution in [0.2, 0.25) is 0 Å². The van der Waals surface area contributed by atoms with E-state index in [2.05, 4.69) is 22.4 Å². The van der Waals surface area contributed by atoms with Crippen LogP contribution in [0.25, 0.3) is 10.6 Å². The lowest BCUT2D eigenvalue weighted by Gasteiger charge is -2.21. The molecule has 4 rings (SSSR count). The molecule has 152 valence electrons. The van der Waals surface area contributed by atoms with Crippen LogP contribution in [0.4, 0.5) is 0 Å². The third-order valence-corrected chi connectivity index (χ3v) is 8.02. The van der Waals surface area contributed by atoms with Crippen LogP contribution in [-0.2, 0) is 16.6 Å². The Labute approximate surface area is 176 Å². The van der Waals surface area contributed by atoms with Crippen molar-refractivity contribution in [3.63, 3.8) is 0 Å². The van der Waals surface area contributed by atoms with E-state index in [1.807, 2.05) is 37.3 Å². The summed E-state index contributed by atoms with van der Waals surface area (Å²) in [5.41, 5.74) is 3.24. The maximum atomic E-state index is 13.0. The largest absolute Gasteiger partial charge is 0.296 e. The van der Waals surface area contributed by atoms with Gasteiger partial charge in [0, 0.05) is 37.1 Å². The van der Waals surface area contributed by atoms with Crippen molar-refractivity contribution in [2.24, 2.45) is 0 Å². The first-order valence-corrected chi connectivity index (χ1v) is 12.1. The molecular formula is C22H25N3O2S2. The first kappa shape index (κ1) is 20.2. The molecule has 5 nitrogen and oxygen atoms in total. The van der Waals surface area contributed by atoms with Crippen LogP contribution in [0.5, 0.6) is 0 Å². The molecule has 3 aromatic rings. The molecule has 0 saturated carbocycles. The quantitative estimate of drug-likeness (QED) is 0.617. The van der Waals surface area contributed by atoms with E-state index in [-0.39, 0.29) is 0 Å². The number of thiazole rings is 1. The smallest absolute Gasteiger partial charge is 0.243 e. The van der Waals surface area contributed by atoms with E-state index in [1.54, 1.807) is 27.8 Å². The van der Waals surface area contributed by atoms with Crippen LogP contribution in [0, 0.1) is 6.92 Å². The molecule has 1 aliphatic heterocycles. The average Bonchev–Trinajstić information content (AvgIpc) is 3.06. The van der Waals surface area contributed by atoms with Gasteiger partial charge in [-0.25, -0.2) is 13.4 Å². The first-order valence-electron chi connectivity index (χ1n) is 9.81. The Kier molecular flexibility index (Phi) is 6.10. The molecule has 0 bridgehead atoms. The highest BCUT2D eigenvalue weighted by Gasteiger charge is 2.27. The van der Waals surface area contributed by atoms with Crippen molar-refractivity contribution < 1.29 is 8.42 Å². The molecule has 1 fully saturated rings. The minimum atomic E-state index is -3.44. The number of nitrogens with zero attached hydrogens (tertiary/aromatic N) is 3. The third-order valence-electron chi connectivity index (χ3n) is 5.16. The molecule has 2 heterocycles. The van der Waals surface area contributed by atoms with Gasteiger partial charge in [0.2, 0.25) is 10.0 Å². The second kappa shape index (κ2) is 8.75. The highest BCUT2D eigenvalue weighted by Crippen LogP contribution is 2.24. The van der Waals surface area contributed by atoms with Gasteiger partial charge in [-0.3, -0.25) is 4.90 Å². The molecule has 1 saturated heterocycles. The maximum Gasteiger partial charge on any atom is 0.243 e. The Morgan fingerprint density at radius 3 is 2.48 bits per heavy atom. The normalized spacial score (nSPS) is 16.6. The van der Waals surface area contributed by atoms with E-state index in [0.29, 0.717) is 24.5 Å². The van der Waals surface area contributed by atoms with Gasteiger partial charge in [-0.15, -0.1) is 11.3 Å². The van der Waals surface area contributed by atoms with Crippen LogP contribution in [-0.4, -0.2) is 48.8 Å². The molecule has 0 N–H and O–H groups in total. The molecule has 2 aromatic carbocycles. The standard InChI is InChI=1S/C22H25N3O2S2/c1-18-8-10-21(11-9-18)29(26,27)25-13-5-12-24(14-15-25)16-20-17-28-22(23-20)19-6-3-2-4-7-19/h2-4,6-11,17H,5,12-16H2,1H3. The maximum absolute atomic E-state index is 13.0. The summed E-state index contributed by atoms with van der Waals surface area (Å²) in [5.74, 6) is 0. The van der Waals surface area contributed by atoms with Crippen LogP contribution in [0.3, 0.4) is 0 Å². The molecule has 29 heavy (non-hydrogen) atoms. The summed E-state index contributed by atoms with van der Waals surface area (Å²) in [6.45, 7) is 5.36. The summed E-state index contributed by atoms with van der Waals surface area (Å²) in [4.78, 5) is 7.45. The summed E-state index contributed by atoms with van der Waals surface area (Å²) >= 11 is 1.66. The molecule has 1 aromatic heterocycles. The molecule has 0 aliphatic carbocycles. The predicted octanol–water partition coefficient (Wildman–Crippen LogP) is 4.02. The van der Waals surface area contributed by atoms with Crippen molar-refractivity contribution in [3.05, 3.63) is 71.2 Å². The fraction of sp³-hybridized carbons (Fsp3) is 0.318. The lowest BCUT2D eigenvalue weighted by molar-refractivity contribution is 0.276. The van der Waals surface area contributed by atoms with Crippen molar-refractivity contribution in [3.8, 4) is 10.6 Å². The van der Waals surface area contributed by atoms with Crippen molar-refractivity contribution in [1.82, 2.24) is 14.2 Å². The molecule has 0 atom stereocenters. The number of hydrogen-bond acceptors (Lipinski definition) is 5. The second-order valence-electron chi connectivity index (χ2n) is 7.36. The van der Waals surface area contributed by atoms with Gasteiger partial charge in [0.15, 0.2) is 0 Å². The number of aryl methyl sites for hydroxylation is 1. The molecule has 0 spiro atoms. The molecule has 0 unspecified atom stereocenters. The van der Waals surface area contributed by atoms with E-state index >= 15 is 0 Å². The van der Waals surface area contributed by atoms with E-state index in [1.165, 1.54) is 0 Å². The first-order chi connectivity index (χ1) is 14.0. The topological polar surface area (TPSA) is 53.5 Å². The number of hydrogen-bond donors (Lipinski definition) is 0. The molecule has 0 radical (unpaired) electrons. The van der Waals surface area contributed by atoms with Gasteiger partial charge in [-0.1, -0.05) is 48.0 Å². The number of sulfonamides is 1. The highest BCUT2D eigenvalue weighted by atomic mass is 32.2. The Hall–Kier alpha value is -2.06. The number of aromatic nitrogens is 1. The zero-order chi connectivity index (χ0) is 20.3. The summed E-state index contributed by atoms with van der Waals surface area (Å²) < 4.78 is 27.6. The Bertz CT molecular complexity index is 1050. The Morgan fingerprint density at radius 2 is 1.72 bits per heavy atom. The summed E-state index contributed by atoms with van der Waals surface area (Å²) in [6, 6.07) is 17.3. The number of benzene rings is 2.